The predicted molar refractivity (Wildman–Crippen MR) is 76.4 cm³/mol. The number of hydrogen-bond donors (Lipinski definition) is 0. The van der Waals surface area contributed by atoms with Crippen molar-refractivity contribution in [1.82, 2.24) is 4.98 Å². The van der Waals surface area contributed by atoms with Gasteiger partial charge in [-0.1, -0.05) is 23.2 Å². The first-order chi connectivity index (χ1) is 9.61. The molecule has 104 valence electrons. The van der Waals surface area contributed by atoms with Gasteiger partial charge in [-0.25, -0.2) is 4.79 Å². The molecule has 0 aliphatic heterocycles. The van der Waals surface area contributed by atoms with Crippen LogP contribution < -0.4 is 4.74 Å². The monoisotopic (exact) mass is 311 g/mol. The SMILES string of the molecule is COC(=O)c1ccncc1COc1ccc(Cl)cc1Cl. The summed E-state index contributed by atoms with van der Waals surface area (Å²) >= 11 is 11.8. The van der Waals surface area contributed by atoms with Crippen LogP contribution >= 0.6 is 23.2 Å². The van der Waals surface area contributed by atoms with Crippen molar-refractivity contribution in [3.8, 4) is 5.75 Å². The maximum absolute atomic E-state index is 11.6. The molecule has 4 nitrogen and oxygen atoms in total. The van der Waals surface area contributed by atoms with E-state index >= 15 is 0 Å². The second-order valence-corrected chi connectivity index (χ2v) is 4.73. The predicted octanol–water partition coefficient (Wildman–Crippen LogP) is 3.75. The molecule has 6 heteroatoms. The highest BCUT2D eigenvalue weighted by atomic mass is 35.5. The van der Waals surface area contributed by atoms with Gasteiger partial charge in [-0.15, -0.1) is 0 Å². The van der Waals surface area contributed by atoms with Crippen LogP contribution in [0.2, 0.25) is 10.0 Å². The van der Waals surface area contributed by atoms with Crippen molar-refractivity contribution >= 4 is 29.2 Å². The fraction of sp³-hybridized carbons (Fsp3) is 0.143. The van der Waals surface area contributed by atoms with Crippen molar-refractivity contribution in [2.24, 2.45) is 0 Å². The van der Waals surface area contributed by atoms with Crippen LogP contribution in [-0.2, 0) is 11.3 Å². The molecule has 0 fully saturated rings. The van der Waals surface area contributed by atoms with Crippen LogP contribution in [0.4, 0.5) is 0 Å². The van der Waals surface area contributed by atoms with Gasteiger partial charge in [-0.05, 0) is 24.3 Å². The molecule has 0 aliphatic carbocycles. The van der Waals surface area contributed by atoms with Crippen LogP contribution in [-0.4, -0.2) is 18.1 Å². The Labute approximate surface area is 126 Å². The van der Waals surface area contributed by atoms with Crippen LogP contribution in [0.5, 0.6) is 5.75 Å². The first-order valence-corrected chi connectivity index (χ1v) is 6.46. The molecule has 0 unspecified atom stereocenters. The summed E-state index contributed by atoms with van der Waals surface area (Å²) in [7, 11) is 1.32. The lowest BCUT2D eigenvalue weighted by Crippen LogP contribution is -2.08. The third-order valence-electron chi connectivity index (χ3n) is 2.59. The van der Waals surface area contributed by atoms with Gasteiger partial charge in [0.25, 0.3) is 0 Å². The topological polar surface area (TPSA) is 48.4 Å². The van der Waals surface area contributed by atoms with Crippen molar-refractivity contribution in [3.05, 3.63) is 57.8 Å². The minimum atomic E-state index is -0.437. The van der Waals surface area contributed by atoms with E-state index in [0.717, 1.165) is 0 Å². The van der Waals surface area contributed by atoms with Gasteiger partial charge in [0.1, 0.15) is 12.4 Å². The van der Waals surface area contributed by atoms with Gasteiger partial charge in [0.2, 0.25) is 0 Å². The summed E-state index contributed by atoms with van der Waals surface area (Å²) in [6.45, 7) is 0.152. The Morgan fingerprint density at radius 3 is 2.80 bits per heavy atom. The van der Waals surface area contributed by atoms with E-state index in [2.05, 4.69) is 4.98 Å². The van der Waals surface area contributed by atoms with E-state index in [9.17, 15) is 4.79 Å². The number of pyridine rings is 1. The number of ether oxygens (including phenoxy) is 2. The standard InChI is InChI=1S/C14H11Cl2NO3/c1-19-14(18)11-4-5-17-7-9(11)8-20-13-3-2-10(15)6-12(13)16/h2-7H,8H2,1H3. The normalized spacial score (nSPS) is 10.2. The van der Waals surface area contributed by atoms with Gasteiger partial charge in [0.05, 0.1) is 17.7 Å². The Hall–Kier alpha value is -1.78. The molecule has 1 aromatic carbocycles. The summed E-state index contributed by atoms with van der Waals surface area (Å²) in [5.74, 6) is 0.0453. The van der Waals surface area contributed by atoms with E-state index < -0.39 is 5.97 Å². The number of esters is 1. The zero-order chi connectivity index (χ0) is 14.5. The zero-order valence-corrected chi connectivity index (χ0v) is 12.1. The third-order valence-corrected chi connectivity index (χ3v) is 3.12. The van der Waals surface area contributed by atoms with Crippen molar-refractivity contribution in [2.45, 2.75) is 6.61 Å². The van der Waals surface area contributed by atoms with Crippen LogP contribution in [0.25, 0.3) is 0 Å². The summed E-state index contributed by atoms with van der Waals surface area (Å²) in [6.07, 6.45) is 3.07. The summed E-state index contributed by atoms with van der Waals surface area (Å²) < 4.78 is 10.3. The molecule has 0 radical (unpaired) electrons. The highest BCUT2D eigenvalue weighted by Gasteiger charge is 2.12. The molecule has 0 atom stereocenters. The zero-order valence-electron chi connectivity index (χ0n) is 10.6. The molecular weight excluding hydrogens is 301 g/mol. The van der Waals surface area contributed by atoms with Gasteiger partial charge in [-0.3, -0.25) is 4.98 Å². The first-order valence-electron chi connectivity index (χ1n) is 5.71. The third kappa shape index (κ3) is 3.40. The summed E-state index contributed by atoms with van der Waals surface area (Å²) in [5, 5.41) is 0.931. The number of methoxy groups -OCH3 is 1. The van der Waals surface area contributed by atoms with Crippen molar-refractivity contribution < 1.29 is 14.3 Å². The van der Waals surface area contributed by atoms with E-state index in [1.807, 2.05) is 0 Å². The average Bonchev–Trinajstić information content (AvgIpc) is 2.46. The van der Waals surface area contributed by atoms with Gasteiger partial charge in [0, 0.05) is 23.0 Å². The quantitative estimate of drug-likeness (QED) is 0.807. The molecule has 0 amide bonds. The van der Waals surface area contributed by atoms with E-state index in [1.54, 1.807) is 30.5 Å². The van der Waals surface area contributed by atoms with Gasteiger partial charge < -0.3 is 9.47 Å². The number of carbonyl (C=O) groups excluding carboxylic acids is 1. The minimum Gasteiger partial charge on any atom is -0.487 e. The number of halogens is 2. The molecular formula is C14H11Cl2NO3. The maximum Gasteiger partial charge on any atom is 0.338 e. The molecule has 20 heavy (non-hydrogen) atoms. The smallest absolute Gasteiger partial charge is 0.338 e. The van der Waals surface area contributed by atoms with Crippen molar-refractivity contribution in [2.75, 3.05) is 7.11 Å². The Morgan fingerprint density at radius 2 is 2.10 bits per heavy atom. The number of hydrogen-bond acceptors (Lipinski definition) is 4. The molecule has 0 aliphatic rings. The second-order valence-electron chi connectivity index (χ2n) is 3.89. The highest BCUT2D eigenvalue weighted by Crippen LogP contribution is 2.28. The van der Waals surface area contributed by atoms with Crippen LogP contribution in [0.3, 0.4) is 0 Å². The van der Waals surface area contributed by atoms with Crippen LogP contribution in [0.1, 0.15) is 15.9 Å². The Balaban J connectivity index is 2.17. The number of aromatic nitrogens is 1. The molecule has 0 N–H and O–H groups in total. The summed E-state index contributed by atoms with van der Waals surface area (Å²) in [5.41, 5.74) is 1.03. The molecule has 2 aromatic rings. The lowest BCUT2D eigenvalue weighted by Gasteiger charge is -2.10. The molecule has 1 aromatic heterocycles. The van der Waals surface area contributed by atoms with Crippen LogP contribution in [0.15, 0.2) is 36.7 Å². The van der Waals surface area contributed by atoms with Crippen LogP contribution in [0, 0.1) is 0 Å². The number of nitrogens with zero attached hydrogens (tertiary/aromatic N) is 1. The largest absolute Gasteiger partial charge is 0.487 e. The summed E-state index contributed by atoms with van der Waals surface area (Å²) in [4.78, 5) is 15.6. The molecule has 0 bridgehead atoms. The molecule has 0 saturated carbocycles. The second kappa shape index (κ2) is 6.59. The molecule has 1 heterocycles. The fourth-order valence-electron chi connectivity index (χ4n) is 1.60. The van der Waals surface area contributed by atoms with Gasteiger partial charge in [0.15, 0.2) is 0 Å². The summed E-state index contributed by atoms with van der Waals surface area (Å²) in [6, 6.07) is 6.50. The Morgan fingerprint density at radius 1 is 1.30 bits per heavy atom. The van der Waals surface area contributed by atoms with Gasteiger partial charge >= 0.3 is 5.97 Å². The lowest BCUT2D eigenvalue weighted by molar-refractivity contribution is 0.0597. The lowest BCUT2D eigenvalue weighted by atomic mass is 10.1. The molecule has 0 spiro atoms. The number of carbonyl (C=O) groups is 1. The Kier molecular flexibility index (Phi) is 4.82. The van der Waals surface area contributed by atoms with E-state index in [-0.39, 0.29) is 6.61 Å². The minimum absolute atomic E-state index is 0.152. The first kappa shape index (κ1) is 14.6. The van der Waals surface area contributed by atoms with E-state index in [4.69, 9.17) is 32.7 Å². The average molecular weight is 312 g/mol. The number of benzene rings is 1. The molecule has 2 rings (SSSR count). The van der Waals surface area contributed by atoms with Gasteiger partial charge in [-0.2, -0.15) is 0 Å². The van der Waals surface area contributed by atoms with Crippen molar-refractivity contribution in [3.63, 3.8) is 0 Å². The Bertz CT molecular complexity index is 632. The highest BCUT2D eigenvalue weighted by molar-refractivity contribution is 6.35. The maximum atomic E-state index is 11.6. The molecule has 0 saturated heterocycles. The van der Waals surface area contributed by atoms with E-state index in [1.165, 1.54) is 13.3 Å². The van der Waals surface area contributed by atoms with Crippen molar-refractivity contribution in [1.29, 1.82) is 0 Å². The van der Waals surface area contributed by atoms with E-state index in [0.29, 0.717) is 26.9 Å². The number of rotatable bonds is 4. The fourth-order valence-corrected chi connectivity index (χ4v) is 2.06.